The molecule has 1 unspecified atom stereocenters. The van der Waals surface area contributed by atoms with Gasteiger partial charge in [-0.3, -0.25) is 9.59 Å². The molecule has 2 heterocycles. The Kier molecular flexibility index (Phi) is 12.0. The van der Waals surface area contributed by atoms with Gasteiger partial charge in [0, 0.05) is 63.8 Å². The molecular weight excluding hydrogens is 621 g/mol. The van der Waals surface area contributed by atoms with Gasteiger partial charge in [-0.1, -0.05) is 77.8 Å². The number of hydrogen-bond donors (Lipinski definition) is 1. The van der Waals surface area contributed by atoms with Gasteiger partial charge in [0.15, 0.2) is 0 Å². The molecule has 3 aromatic carbocycles. The van der Waals surface area contributed by atoms with Gasteiger partial charge >= 0.3 is 6.03 Å². The molecule has 0 bridgehead atoms. The SMILES string of the molecule is CN(CC(CCN1CCC(N2CCCN(CC(=O)NCc3ccccc3)C2=O)CC1)c1ccc(Cl)c(Cl)c1)C(=O)c1ccccc1. The Morgan fingerprint density at radius 2 is 1.61 bits per heavy atom. The molecule has 0 aromatic heterocycles. The van der Waals surface area contributed by atoms with Gasteiger partial charge in [0.05, 0.1) is 10.0 Å². The number of hydrogen-bond acceptors (Lipinski definition) is 4. The van der Waals surface area contributed by atoms with Crippen LogP contribution in [0.2, 0.25) is 10.0 Å². The summed E-state index contributed by atoms with van der Waals surface area (Å²) in [6, 6.07) is 25.0. The summed E-state index contributed by atoms with van der Waals surface area (Å²) >= 11 is 12.6. The van der Waals surface area contributed by atoms with Crippen LogP contribution in [0.1, 0.15) is 53.1 Å². The molecule has 0 aliphatic carbocycles. The molecule has 0 saturated carbocycles. The van der Waals surface area contributed by atoms with Crippen molar-refractivity contribution in [3.63, 3.8) is 0 Å². The van der Waals surface area contributed by atoms with Crippen molar-refractivity contribution in [1.82, 2.24) is 24.9 Å². The minimum atomic E-state index is -0.137. The predicted molar refractivity (Wildman–Crippen MR) is 183 cm³/mol. The zero-order chi connectivity index (χ0) is 32.5. The van der Waals surface area contributed by atoms with Crippen LogP contribution < -0.4 is 5.32 Å². The summed E-state index contributed by atoms with van der Waals surface area (Å²) in [5, 5.41) is 3.96. The van der Waals surface area contributed by atoms with Crippen molar-refractivity contribution < 1.29 is 14.4 Å². The fourth-order valence-electron chi connectivity index (χ4n) is 6.45. The Labute approximate surface area is 282 Å². The molecule has 0 spiro atoms. The molecule has 2 aliphatic heterocycles. The number of nitrogens with one attached hydrogen (secondary N) is 1. The van der Waals surface area contributed by atoms with Gasteiger partial charge in [0.25, 0.3) is 5.91 Å². The zero-order valence-electron chi connectivity index (χ0n) is 26.4. The first kappa shape index (κ1) is 33.8. The second-order valence-electron chi connectivity index (χ2n) is 12.3. The average molecular weight is 665 g/mol. The second kappa shape index (κ2) is 16.3. The molecule has 1 atom stereocenters. The monoisotopic (exact) mass is 663 g/mol. The normalized spacial score (nSPS) is 16.7. The average Bonchev–Trinajstić information content (AvgIpc) is 3.08. The van der Waals surface area contributed by atoms with E-state index in [-0.39, 0.29) is 36.3 Å². The summed E-state index contributed by atoms with van der Waals surface area (Å²) in [5.74, 6) is -0.0719. The second-order valence-corrected chi connectivity index (χ2v) is 13.1. The molecule has 0 radical (unpaired) electrons. The topological polar surface area (TPSA) is 76.2 Å². The predicted octanol–water partition coefficient (Wildman–Crippen LogP) is 6.15. The van der Waals surface area contributed by atoms with Crippen LogP contribution in [0, 0.1) is 0 Å². The minimum Gasteiger partial charge on any atom is -0.350 e. The van der Waals surface area contributed by atoms with E-state index in [1.54, 1.807) is 9.80 Å². The van der Waals surface area contributed by atoms with Crippen LogP contribution >= 0.6 is 23.2 Å². The number of rotatable bonds is 12. The number of nitrogens with zero attached hydrogens (tertiary/aromatic N) is 4. The lowest BCUT2D eigenvalue weighted by Gasteiger charge is -2.43. The summed E-state index contributed by atoms with van der Waals surface area (Å²) in [5.41, 5.74) is 2.76. The van der Waals surface area contributed by atoms with E-state index in [0.29, 0.717) is 35.2 Å². The van der Waals surface area contributed by atoms with Crippen LogP contribution in [0.15, 0.2) is 78.9 Å². The van der Waals surface area contributed by atoms with Gasteiger partial charge < -0.3 is 24.9 Å². The number of amides is 4. The zero-order valence-corrected chi connectivity index (χ0v) is 27.9. The van der Waals surface area contributed by atoms with Crippen molar-refractivity contribution in [2.45, 2.75) is 44.2 Å². The van der Waals surface area contributed by atoms with E-state index in [4.69, 9.17) is 23.2 Å². The van der Waals surface area contributed by atoms with Crippen molar-refractivity contribution in [3.05, 3.63) is 106 Å². The Morgan fingerprint density at radius 1 is 0.913 bits per heavy atom. The van der Waals surface area contributed by atoms with Crippen LogP contribution in [-0.4, -0.2) is 96.3 Å². The van der Waals surface area contributed by atoms with Gasteiger partial charge in [-0.15, -0.1) is 0 Å². The van der Waals surface area contributed by atoms with Crippen molar-refractivity contribution in [3.8, 4) is 0 Å². The molecule has 8 nitrogen and oxygen atoms in total. The Balaban J connectivity index is 1.13. The molecular formula is C36H43Cl2N5O3. The molecule has 10 heteroatoms. The summed E-state index contributed by atoms with van der Waals surface area (Å²) in [6.07, 6.45) is 3.50. The van der Waals surface area contributed by atoms with E-state index in [1.165, 1.54) is 0 Å². The quantitative estimate of drug-likeness (QED) is 0.252. The number of likely N-dealkylation sites (N-methyl/N-ethyl adjacent to an activating group) is 1. The largest absolute Gasteiger partial charge is 0.350 e. The van der Waals surface area contributed by atoms with E-state index in [9.17, 15) is 14.4 Å². The highest BCUT2D eigenvalue weighted by Crippen LogP contribution is 2.30. The number of likely N-dealkylation sites (tertiary alicyclic amines) is 1. The highest BCUT2D eigenvalue weighted by Gasteiger charge is 2.34. The lowest BCUT2D eigenvalue weighted by molar-refractivity contribution is -0.122. The third-order valence-corrected chi connectivity index (χ3v) is 9.82. The lowest BCUT2D eigenvalue weighted by atomic mass is 9.93. The third-order valence-electron chi connectivity index (χ3n) is 9.08. The molecule has 244 valence electrons. The standard InChI is InChI=1S/C36H43Cl2N5O3/c1-40(35(45)28-11-6-3-7-12-28)25-30(29-13-14-32(37)33(38)23-29)15-20-41-21-16-31(17-22-41)43-19-8-18-42(36(43)46)26-34(44)39-24-27-9-4-2-5-10-27/h2-7,9-14,23,30-31H,8,15-22,24-26H2,1H3,(H,39,44). The van der Waals surface area contributed by atoms with E-state index in [1.807, 2.05) is 90.8 Å². The molecule has 2 saturated heterocycles. The van der Waals surface area contributed by atoms with Crippen LogP contribution in [0.3, 0.4) is 0 Å². The van der Waals surface area contributed by atoms with E-state index < -0.39 is 0 Å². The molecule has 1 N–H and O–H groups in total. The fraction of sp³-hybridized carbons (Fsp3) is 0.417. The van der Waals surface area contributed by atoms with Gasteiger partial charge in [-0.05, 0) is 67.6 Å². The number of halogens is 2. The fourth-order valence-corrected chi connectivity index (χ4v) is 6.76. The van der Waals surface area contributed by atoms with Crippen LogP contribution in [0.4, 0.5) is 4.79 Å². The molecule has 3 aromatic rings. The molecule has 4 amide bonds. The first-order valence-corrected chi connectivity index (χ1v) is 16.9. The van der Waals surface area contributed by atoms with Crippen molar-refractivity contribution >= 4 is 41.0 Å². The molecule has 46 heavy (non-hydrogen) atoms. The number of piperidine rings is 1. The van der Waals surface area contributed by atoms with Gasteiger partial charge in [0.1, 0.15) is 6.54 Å². The van der Waals surface area contributed by atoms with Crippen molar-refractivity contribution in [2.75, 3.05) is 52.9 Å². The van der Waals surface area contributed by atoms with Crippen molar-refractivity contribution in [1.29, 1.82) is 0 Å². The van der Waals surface area contributed by atoms with Gasteiger partial charge in [-0.25, -0.2) is 4.79 Å². The van der Waals surface area contributed by atoms with Crippen LogP contribution in [0.25, 0.3) is 0 Å². The van der Waals surface area contributed by atoms with Crippen LogP contribution in [-0.2, 0) is 11.3 Å². The number of benzene rings is 3. The summed E-state index contributed by atoms with van der Waals surface area (Å²) in [4.78, 5) is 47.1. The Hall–Kier alpha value is -3.59. The summed E-state index contributed by atoms with van der Waals surface area (Å²) in [6.45, 7) is 5.06. The molecule has 2 fully saturated rings. The van der Waals surface area contributed by atoms with Gasteiger partial charge in [-0.2, -0.15) is 0 Å². The van der Waals surface area contributed by atoms with Crippen LogP contribution in [0.5, 0.6) is 0 Å². The number of urea groups is 1. The third kappa shape index (κ3) is 9.02. The Bertz CT molecular complexity index is 1470. The molecule has 2 aliphatic rings. The van der Waals surface area contributed by atoms with E-state index in [0.717, 1.165) is 63.0 Å². The van der Waals surface area contributed by atoms with Crippen molar-refractivity contribution in [2.24, 2.45) is 0 Å². The lowest BCUT2D eigenvalue weighted by Crippen LogP contribution is -2.57. The molecule has 5 rings (SSSR count). The smallest absolute Gasteiger partial charge is 0.320 e. The highest BCUT2D eigenvalue weighted by atomic mass is 35.5. The first-order valence-electron chi connectivity index (χ1n) is 16.1. The summed E-state index contributed by atoms with van der Waals surface area (Å²) in [7, 11) is 1.84. The Morgan fingerprint density at radius 3 is 2.30 bits per heavy atom. The maximum absolute atomic E-state index is 13.4. The highest BCUT2D eigenvalue weighted by molar-refractivity contribution is 6.42. The summed E-state index contributed by atoms with van der Waals surface area (Å²) < 4.78 is 0. The minimum absolute atomic E-state index is 0.0135. The van der Waals surface area contributed by atoms with E-state index >= 15 is 0 Å². The maximum Gasteiger partial charge on any atom is 0.320 e. The van der Waals surface area contributed by atoms with E-state index in [2.05, 4.69) is 10.2 Å². The first-order chi connectivity index (χ1) is 22.3. The number of carbonyl (C=O) groups is 3. The maximum atomic E-state index is 13.4. The van der Waals surface area contributed by atoms with Gasteiger partial charge in [0.2, 0.25) is 5.91 Å². The number of carbonyl (C=O) groups excluding carboxylic acids is 3.